The predicted molar refractivity (Wildman–Crippen MR) is 190 cm³/mol. The molecule has 6 rings (SSSR count). The Morgan fingerprint density at radius 1 is 0.556 bits per heavy atom. The molecule has 0 bridgehead atoms. The van der Waals surface area contributed by atoms with E-state index in [0.29, 0.717) is 21.8 Å². The number of aromatic nitrogens is 4. The lowest BCUT2D eigenvalue weighted by molar-refractivity contribution is -0.142. The van der Waals surface area contributed by atoms with Crippen LogP contribution in [0.4, 0.5) is 42.1 Å². The van der Waals surface area contributed by atoms with Crippen LogP contribution in [0.15, 0.2) is 109 Å². The number of nitrogens with one attached hydrogen (secondary N) is 2. The first-order valence-corrected chi connectivity index (χ1v) is 19.2. The molecular formula is C34H26ClF7N6O4S2. The third-order valence-electron chi connectivity index (χ3n) is 7.11. The van der Waals surface area contributed by atoms with Crippen LogP contribution in [0.2, 0.25) is 5.02 Å². The first-order chi connectivity index (χ1) is 25.1. The Bertz CT molecular complexity index is 2290. The Kier molecular flexibility index (Phi) is 11.2. The number of alkyl halides is 6. The Labute approximate surface area is 308 Å². The molecule has 54 heavy (non-hydrogen) atoms. The maximum Gasteiger partial charge on any atom is 0.435 e. The maximum absolute atomic E-state index is 13.2. The van der Waals surface area contributed by atoms with Crippen molar-refractivity contribution in [2.75, 3.05) is 22.0 Å². The Morgan fingerprint density at radius 3 is 1.20 bits per heavy atom. The van der Waals surface area contributed by atoms with Crippen molar-refractivity contribution < 1.29 is 47.6 Å². The van der Waals surface area contributed by atoms with Crippen LogP contribution in [0.5, 0.6) is 0 Å². The fourth-order valence-electron chi connectivity index (χ4n) is 4.85. The molecule has 0 spiro atoms. The average Bonchev–Trinajstić information content (AvgIpc) is 3.72. The van der Waals surface area contributed by atoms with Crippen molar-refractivity contribution in [3.05, 3.63) is 131 Å². The molecule has 0 aliphatic carbocycles. The van der Waals surface area contributed by atoms with E-state index in [2.05, 4.69) is 19.6 Å². The van der Waals surface area contributed by atoms with E-state index in [4.69, 9.17) is 11.6 Å². The van der Waals surface area contributed by atoms with Crippen LogP contribution in [0.3, 0.4) is 0 Å². The maximum atomic E-state index is 13.2. The van der Waals surface area contributed by atoms with E-state index < -0.39 is 49.6 Å². The summed E-state index contributed by atoms with van der Waals surface area (Å²) in [7, 11) is -6.94. The Morgan fingerprint density at radius 2 is 0.889 bits per heavy atom. The molecule has 0 fully saturated rings. The largest absolute Gasteiger partial charge is 0.435 e. The highest BCUT2D eigenvalue weighted by atomic mass is 35.5. The second-order valence-electron chi connectivity index (χ2n) is 11.5. The first-order valence-electron chi connectivity index (χ1n) is 15.1. The summed E-state index contributed by atoms with van der Waals surface area (Å²) in [6.07, 6.45) is -7.28. The third-order valence-corrected chi connectivity index (χ3v) is 8.57. The molecule has 0 saturated heterocycles. The topological polar surface area (TPSA) is 128 Å². The van der Waals surface area contributed by atoms with Crippen molar-refractivity contribution in [1.29, 1.82) is 0 Å². The minimum atomic E-state index is -4.65. The van der Waals surface area contributed by atoms with Gasteiger partial charge in [-0.1, -0.05) is 23.7 Å². The lowest BCUT2D eigenvalue weighted by Gasteiger charge is -2.09. The summed E-state index contributed by atoms with van der Waals surface area (Å²) < 4.78 is 144. The van der Waals surface area contributed by atoms with Gasteiger partial charge >= 0.3 is 12.4 Å². The molecule has 20 heteroatoms. The van der Waals surface area contributed by atoms with Crippen LogP contribution in [0.25, 0.3) is 33.9 Å². The SMILES string of the molecule is CS(=O)(=O)Nc1ccc(-n2nc(C(F)(F)F)cc2-c2ccc(Cl)cc2)cc1.CS(=O)(=O)Nc1ccc(-n2nc(C(F)(F)F)cc2-c2ccc(F)cc2)cc1. The average molecular weight is 815 g/mol. The van der Waals surface area contributed by atoms with Gasteiger partial charge in [0.1, 0.15) is 5.82 Å². The molecule has 4 aromatic carbocycles. The van der Waals surface area contributed by atoms with Crippen molar-refractivity contribution >= 4 is 43.0 Å². The number of rotatable bonds is 8. The highest BCUT2D eigenvalue weighted by Crippen LogP contribution is 2.35. The van der Waals surface area contributed by atoms with Gasteiger partial charge in [0.25, 0.3) is 0 Å². The summed E-state index contributed by atoms with van der Waals surface area (Å²) in [4.78, 5) is 0. The highest BCUT2D eigenvalue weighted by Gasteiger charge is 2.36. The molecule has 0 aliphatic heterocycles. The van der Waals surface area contributed by atoms with Crippen LogP contribution in [-0.4, -0.2) is 48.9 Å². The first kappa shape index (κ1) is 39.8. The number of nitrogens with zero attached hydrogens (tertiary/aromatic N) is 4. The molecular weight excluding hydrogens is 789 g/mol. The number of halogens is 8. The zero-order chi connectivity index (χ0) is 39.6. The predicted octanol–water partition coefficient (Wildman–Crippen LogP) is 8.65. The third kappa shape index (κ3) is 10.4. The molecule has 0 atom stereocenters. The number of anilines is 2. The van der Waals surface area contributed by atoms with Crippen molar-refractivity contribution in [3.63, 3.8) is 0 Å². The summed E-state index contributed by atoms with van der Waals surface area (Å²) in [5, 5.41) is 7.74. The van der Waals surface area contributed by atoms with Gasteiger partial charge in [-0.25, -0.2) is 30.6 Å². The van der Waals surface area contributed by atoms with Crippen LogP contribution >= 0.6 is 11.6 Å². The summed E-state index contributed by atoms with van der Waals surface area (Å²) in [5.41, 5.74) is 0.224. The number of benzene rings is 4. The van der Waals surface area contributed by atoms with E-state index in [0.717, 1.165) is 46.1 Å². The molecule has 10 nitrogen and oxygen atoms in total. The van der Waals surface area contributed by atoms with Gasteiger partial charge < -0.3 is 0 Å². The fourth-order valence-corrected chi connectivity index (χ4v) is 6.11. The smallest absolute Gasteiger partial charge is 0.284 e. The summed E-state index contributed by atoms with van der Waals surface area (Å²) >= 11 is 5.85. The van der Waals surface area contributed by atoms with E-state index in [1.807, 2.05) is 0 Å². The van der Waals surface area contributed by atoms with E-state index in [9.17, 15) is 47.6 Å². The van der Waals surface area contributed by atoms with Crippen molar-refractivity contribution in [2.45, 2.75) is 12.4 Å². The number of hydrogen-bond acceptors (Lipinski definition) is 6. The van der Waals surface area contributed by atoms with Gasteiger partial charge in [-0.15, -0.1) is 0 Å². The molecule has 2 N–H and O–H groups in total. The second kappa shape index (κ2) is 15.2. The summed E-state index contributed by atoms with van der Waals surface area (Å²) in [6, 6.07) is 24.6. The zero-order valence-corrected chi connectivity index (χ0v) is 30.0. The molecule has 0 amide bonds. The lowest BCUT2D eigenvalue weighted by Crippen LogP contribution is -2.10. The van der Waals surface area contributed by atoms with Gasteiger partial charge in [-0.3, -0.25) is 9.44 Å². The minimum Gasteiger partial charge on any atom is -0.284 e. The van der Waals surface area contributed by atoms with Gasteiger partial charge in [0, 0.05) is 27.5 Å². The van der Waals surface area contributed by atoms with Crippen molar-refractivity contribution in [2.24, 2.45) is 0 Å². The normalized spacial score (nSPS) is 12.2. The van der Waals surface area contributed by atoms with Gasteiger partial charge in [0.2, 0.25) is 20.0 Å². The molecule has 6 aromatic rings. The van der Waals surface area contributed by atoms with Crippen LogP contribution < -0.4 is 9.44 Å². The monoisotopic (exact) mass is 814 g/mol. The number of hydrogen-bond donors (Lipinski definition) is 2. The minimum absolute atomic E-state index is 0.117. The standard InChI is InChI=1S/C17H13ClF3N3O2S.C17H13F4N3O2S/c2*1-27(25,26)23-13-6-8-14(9-7-13)24-15(10-16(22-24)17(19,20)21)11-2-4-12(18)5-3-11/h2*2-10,23H,1H3. The molecule has 0 saturated carbocycles. The fraction of sp³-hybridized carbons (Fsp3) is 0.118. The van der Waals surface area contributed by atoms with E-state index in [1.54, 1.807) is 24.3 Å². The second-order valence-corrected chi connectivity index (χ2v) is 15.4. The highest BCUT2D eigenvalue weighted by molar-refractivity contribution is 7.92. The van der Waals surface area contributed by atoms with E-state index in [-0.39, 0.29) is 28.5 Å². The molecule has 0 radical (unpaired) electrons. The quantitative estimate of drug-likeness (QED) is 0.148. The van der Waals surface area contributed by atoms with Crippen molar-refractivity contribution in [1.82, 2.24) is 19.6 Å². The van der Waals surface area contributed by atoms with E-state index >= 15 is 0 Å². The van der Waals surface area contributed by atoms with Crippen LogP contribution in [-0.2, 0) is 32.4 Å². The molecule has 2 aromatic heterocycles. The van der Waals surface area contributed by atoms with Gasteiger partial charge in [-0.2, -0.15) is 36.5 Å². The van der Waals surface area contributed by atoms with Crippen LogP contribution in [0, 0.1) is 5.82 Å². The van der Waals surface area contributed by atoms with Crippen molar-refractivity contribution in [3.8, 4) is 33.9 Å². The molecule has 0 aliphatic rings. The van der Waals surface area contributed by atoms with Gasteiger partial charge in [0.05, 0.1) is 35.3 Å². The molecule has 284 valence electrons. The van der Waals surface area contributed by atoms with Gasteiger partial charge in [-0.05, 0) is 97.1 Å². The zero-order valence-electron chi connectivity index (χ0n) is 27.7. The molecule has 0 unspecified atom stereocenters. The van der Waals surface area contributed by atoms with Crippen LogP contribution in [0.1, 0.15) is 11.4 Å². The van der Waals surface area contributed by atoms with Gasteiger partial charge in [0.15, 0.2) is 11.4 Å². The lowest BCUT2D eigenvalue weighted by atomic mass is 10.1. The number of sulfonamides is 2. The Hall–Kier alpha value is -5.40. The van der Waals surface area contributed by atoms with E-state index in [1.165, 1.54) is 60.7 Å². The Balaban J connectivity index is 0.000000208. The molecule has 2 heterocycles. The summed E-state index contributed by atoms with van der Waals surface area (Å²) in [5.74, 6) is -0.517. The summed E-state index contributed by atoms with van der Waals surface area (Å²) in [6.45, 7) is 0.